The number of hydrogen-bond acceptors (Lipinski definition) is 3. The van der Waals surface area contributed by atoms with E-state index in [9.17, 15) is 9.59 Å². The Bertz CT molecular complexity index is 1210. The van der Waals surface area contributed by atoms with Crippen LogP contribution in [0.1, 0.15) is 27.8 Å². The van der Waals surface area contributed by atoms with Crippen molar-refractivity contribution in [1.82, 2.24) is 4.90 Å². The van der Waals surface area contributed by atoms with Gasteiger partial charge in [0.2, 0.25) is 0 Å². The summed E-state index contributed by atoms with van der Waals surface area (Å²) < 4.78 is 0. The highest BCUT2D eigenvalue weighted by atomic mass is 35.5. The molecule has 156 valence electrons. The summed E-state index contributed by atoms with van der Waals surface area (Å²) in [5.74, 6) is -0.693. The molecule has 0 unspecified atom stereocenters. The fourth-order valence-electron chi connectivity index (χ4n) is 3.58. The van der Waals surface area contributed by atoms with E-state index < -0.39 is 0 Å². The smallest absolute Gasteiger partial charge is 0.278 e. The van der Waals surface area contributed by atoms with Gasteiger partial charge in [-0.3, -0.25) is 14.5 Å². The van der Waals surface area contributed by atoms with E-state index in [1.807, 2.05) is 81.4 Å². The molecule has 2 amide bonds. The van der Waals surface area contributed by atoms with Crippen molar-refractivity contribution in [3.63, 3.8) is 0 Å². The van der Waals surface area contributed by atoms with Gasteiger partial charge in [-0.25, -0.2) is 0 Å². The molecule has 0 spiro atoms. The maximum absolute atomic E-state index is 13.4. The lowest BCUT2D eigenvalue weighted by Crippen LogP contribution is -2.32. The van der Waals surface area contributed by atoms with Crippen LogP contribution < -0.4 is 5.32 Å². The van der Waals surface area contributed by atoms with Crippen LogP contribution in [-0.2, 0) is 16.1 Å². The molecular formula is C26H23ClN2O2. The average Bonchev–Trinajstić information content (AvgIpc) is 2.97. The van der Waals surface area contributed by atoms with Gasteiger partial charge in [0, 0.05) is 10.7 Å². The number of aryl methyl sites for hydroxylation is 3. The minimum absolute atomic E-state index is 0.116. The molecule has 5 heteroatoms. The monoisotopic (exact) mass is 430 g/mol. The second kappa shape index (κ2) is 8.40. The Labute approximate surface area is 187 Å². The molecule has 3 aromatic carbocycles. The van der Waals surface area contributed by atoms with E-state index in [1.165, 1.54) is 4.90 Å². The predicted molar refractivity (Wildman–Crippen MR) is 125 cm³/mol. The minimum Gasteiger partial charge on any atom is -0.350 e. The Morgan fingerprint density at radius 1 is 0.839 bits per heavy atom. The van der Waals surface area contributed by atoms with Gasteiger partial charge in [-0.05, 0) is 61.2 Å². The van der Waals surface area contributed by atoms with Gasteiger partial charge in [0.25, 0.3) is 11.8 Å². The quantitative estimate of drug-likeness (QED) is 0.531. The largest absolute Gasteiger partial charge is 0.350 e. The molecule has 0 radical (unpaired) electrons. The lowest BCUT2D eigenvalue weighted by atomic mass is 9.99. The molecule has 1 aliphatic rings. The van der Waals surface area contributed by atoms with Crippen molar-refractivity contribution < 1.29 is 9.59 Å². The normalized spacial score (nSPS) is 13.9. The van der Waals surface area contributed by atoms with Gasteiger partial charge < -0.3 is 5.32 Å². The molecule has 0 aliphatic carbocycles. The number of amides is 2. The highest BCUT2D eigenvalue weighted by Gasteiger charge is 2.39. The van der Waals surface area contributed by atoms with Crippen LogP contribution in [0.15, 0.2) is 72.4 Å². The number of nitrogens with zero attached hydrogens (tertiary/aromatic N) is 1. The van der Waals surface area contributed by atoms with Crippen molar-refractivity contribution in [2.45, 2.75) is 27.3 Å². The Morgan fingerprint density at radius 3 is 2.23 bits per heavy atom. The van der Waals surface area contributed by atoms with E-state index in [0.29, 0.717) is 10.6 Å². The number of anilines is 1. The van der Waals surface area contributed by atoms with Crippen LogP contribution in [0.4, 0.5) is 5.69 Å². The van der Waals surface area contributed by atoms with Crippen LogP contribution in [0.2, 0.25) is 5.02 Å². The average molecular weight is 431 g/mol. The number of benzene rings is 3. The van der Waals surface area contributed by atoms with Crippen LogP contribution in [0, 0.1) is 20.8 Å². The van der Waals surface area contributed by atoms with Gasteiger partial charge in [0.05, 0.1) is 12.1 Å². The summed E-state index contributed by atoms with van der Waals surface area (Å²) in [6, 6.07) is 20.8. The van der Waals surface area contributed by atoms with Crippen molar-refractivity contribution in [3.8, 4) is 0 Å². The second-order valence-electron chi connectivity index (χ2n) is 7.83. The number of rotatable bonds is 5. The summed E-state index contributed by atoms with van der Waals surface area (Å²) in [7, 11) is 0. The summed E-state index contributed by atoms with van der Waals surface area (Å²) in [5.41, 5.74) is 6.15. The Hall–Kier alpha value is -3.37. The lowest BCUT2D eigenvalue weighted by molar-refractivity contribution is -0.137. The third-order valence-corrected chi connectivity index (χ3v) is 5.94. The van der Waals surface area contributed by atoms with Gasteiger partial charge in [-0.1, -0.05) is 65.7 Å². The molecule has 31 heavy (non-hydrogen) atoms. The van der Waals surface area contributed by atoms with Gasteiger partial charge in [0.1, 0.15) is 5.70 Å². The van der Waals surface area contributed by atoms with Gasteiger partial charge in [0.15, 0.2) is 0 Å². The zero-order chi connectivity index (χ0) is 22.1. The van der Waals surface area contributed by atoms with E-state index in [0.717, 1.165) is 33.5 Å². The van der Waals surface area contributed by atoms with Gasteiger partial charge in [-0.2, -0.15) is 0 Å². The molecule has 1 heterocycles. The first-order chi connectivity index (χ1) is 14.8. The first-order valence-electron chi connectivity index (χ1n) is 10.1. The zero-order valence-corrected chi connectivity index (χ0v) is 18.5. The fraction of sp³-hybridized carbons (Fsp3) is 0.154. The van der Waals surface area contributed by atoms with E-state index in [1.54, 1.807) is 6.07 Å². The van der Waals surface area contributed by atoms with Gasteiger partial charge >= 0.3 is 0 Å². The van der Waals surface area contributed by atoms with Crippen molar-refractivity contribution in [3.05, 3.63) is 105 Å². The third kappa shape index (κ3) is 4.12. The topological polar surface area (TPSA) is 49.4 Å². The molecule has 0 fully saturated rings. The summed E-state index contributed by atoms with van der Waals surface area (Å²) in [6.07, 6.45) is 0. The molecule has 0 atom stereocenters. The summed E-state index contributed by atoms with van der Waals surface area (Å²) in [4.78, 5) is 28.1. The first-order valence-corrected chi connectivity index (χ1v) is 10.5. The van der Waals surface area contributed by atoms with Crippen LogP contribution in [0.25, 0.3) is 5.57 Å². The van der Waals surface area contributed by atoms with E-state index >= 15 is 0 Å². The molecule has 4 nitrogen and oxygen atoms in total. The second-order valence-corrected chi connectivity index (χ2v) is 8.24. The van der Waals surface area contributed by atoms with Crippen LogP contribution in [-0.4, -0.2) is 16.7 Å². The molecule has 0 saturated heterocycles. The van der Waals surface area contributed by atoms with Crippen molar-refractivity contribution in [1.29, 1.82) is 0 Å². The highest BCUT2D eigenvalue weighted by molar-refractivity contribution is 6.36. The van der Waals surface area contributed by atoms with Gasteiger partial charge in [-0.15, -0.1) is 0 Å². The molecular weight excluding hydrogens is 408 g/mol. The standard InChI is InChI=1S/C26H23ClN2O2/c1-16-8-12-21(13-9-16)28-24-23(19-11-10-17(2)18(3)14-19)25(30)29(26(24)31)15-20-6-4-5-7-22(20)27/h4-14,28H,15H2,1-3H3. The van der Waals surface area contributed by atoms with Crippen LogP contribution >= 0.6 is 11.6 Å². The number of imide groups is 1. The number of carbonyl (C=O) groups excluding carboxylic acids is 2. The SMILES string of the molecule is Cc1ccc(NC2=C(c3ccc(C)c(C)c3)C(=O)N(Cc3ccccc3Cl)C2=O)cc1. The maximum Gasteiger partial charge on any atom is 0.278 e. The molecule has 0 bridgehead atoms. The third-order valence-electron chi connectivity index (χ3n) is 5.57. The zero-order valence-electron chi connectivity index (χ0n) is 17.7. The van der Waals surface area contributed by atoms with Crippen LogP contribution in [0.5, 0.6) is 0 Å². The number of hydrogen-bond donors (Lipinski definition) is 1. The minimum atomic E-state index is -0.362. The molecule has 4 rings (SSSR count). The molecule has 1 aliphatic heterocycles. The Balaban J connectivity index is 1.77. The first kappa shape index (κ1) is 20.9. The summed E-state index contributed by atoms with van der Waals surface area (Å²) >= 11 is 6.29. The highest BCUT2D eigenvalue weighted by Crippen LogP contribution is 2.33. The van der Waals surface area contributed by atoms with E-state index in [-0.39, 0.29) is 24.1 Å². The maximum atomic E-state index is 13.4. The lowest BCUT2D eigenvalue weighted by Gasteiger charge is -2.16. The summed E-state index contributed by atoms with van der Waals surface area (Å²) in [6.45, 7) is 6.13. The van der Waals surface area contributed by atoms with E-state index in [2.05, 4.69) is 5.32 Å². The van der Waals surface area contributed by atoms with Crippen molar-refractivity contribution in [2.24, 2.45) is 0 Å². The van der Waals surface area contributed by atoms with Crippen molar-refractivity contribution >= 4 is 34.7 Å². The molecule has 0 saturated carbocycles. The molecule has 1 N–H and O–H groups in total. The fourth-order valence-corrected chi connectivity index (χ4v) is 3.77. The Kier molecular flexibility index (Phi) is 5.66. The number of carbonyl (C=O) groups is 2. The number of nitrogens with one attached hydrogen (secondary N) is 1. The van der Waals surface area contributed by atoms with Crippen LogP contribution in [0.3, 0.4) is 0 Å². The predicted octanol–water partition coefficient (Wildman–Crippen LogP) is 5.66. The Morgan fingerprint density at radius 2 is 1.55 bits per heavy atom. The number of halogens is 1. The molecule has 0 aromatic heterocycles. The summed E-state index contributed by atoms with van der Waals surface area (Å²) in [5, 5.41) is 3.72. The van der Waals surface area contributed by atoms with E-state index in [4.69, 9.17) is 11.6 Å². The molecule has 3 aromatic rings. The van der Waals surface area contributed by atoms with Crippen molar-refractivity contribution in [2.75, 3.05) is 5.32 Å².